The van der Waals surface area contributed by atoms with Crippen molar-refractivity contribution in [1.29, 1.82) is 0 Å². The third-order valence-electron chi connectivity index (χ3n) is 4.82. The van der Waals surface area contributed by atoms with Gasteiger partial charge in [-0.3, -0.25) is 4.98 Å². The summed E-state index contributed by atoms with van der Waals surface area (Å²) in [4.78, 5) is 22.1. The summed E-state index contributed by atoms with van der Waals surface area (Å²) in [6.45, 7) is 0.791. The number of halogens is 2. The Morgan fingerprint density at radius 1 is 0.931 bits per heavy atom. The third-order valence-corrected chi connectivity index (χ3v) is 5.32. The Labute approximate surface area is 178 Å². The van der Waals surface area contributed by atoms with Crippen molar-refractivity contribution in [2.24, 2.45) is 0 Å². The van der Waals surface area contributed by atoms with E-state index in [9.17, 15) is 4.79 Å². The van der Waals surface area contributed by atoms with Gasteiger partial charge in [-0.15, -0.1) is 0 Å². The van der Waals surface area contributed by atoms with Gasteiger partial charge in [-0.2, -0.15) is 0 Å². The number of aromatic nitrogens is 2. The maximum atomic E-state index is 11.1. The molecule has 0 unspecified atom stereocenters. The van der Waals surface area contributed by atoms with E-state index in [1.807, 2.05) is 54.6 Å². The fraction of sp³-hybridized carbons (Fsp3) is 0.136. The lowest BCUT2D eigenvalue weighted by Crippen LogP contribution is -2.33. The van der Waals surface area contributed by atoms with Crippen molar-refractivity contribution in [3.63, 3.8) is 0 Å². The van der Waals surface area contributed by atoms with E-state index < -0.39 is 6.09 Å². The maximum Gasteiger partial charge on any atom is 0.407 e. The van der Waals surface area contributed by atoms with Gasteiger partial charge in [-0.1, -0.05) is 53.5 Å². The minimum atomic E-state index is -0.911. The topological polar surface area (TPSA) is 66.3 Å². The van der Waals surface area contributed by atoms with Crippen molar-refractivity contribution in [2.45, 2.75) is 6.42 Å². The fourth-order valence-electron chi connectivity index (χ4n) is 3.25. The standard InChI is InChI=1S/C22H17Cl2N3O2/c23-17-5-1-15(2-6-17)20-21(16-3-7-18(24)8-4-16)26-19(13-25-20)14-9-11-27(12-10-14)22(28)29/h1-9,13H,10-12H2,(H,28,29). The predicted octanol–water partition coefficient (Wildman–Crippen LogP) is 5.88. The van der Waals surface area contributed by atoms with Gasteiger partial charge in [-0.25, -0.2) is 9.78 Å². The van der Waals surface area contributed by atoms with Crippen molar-refractivity contribution in [3.8, 4) is 22.5 Å². The highest BCUT2D eigenvalue weighted by Gasteiger charge is 2.19. The second-order valence-electron chi connectivity index (χ2n) is 6.67. The van der Waals surface area contributed by atoms with Gasteiger partial charge in [0.05, 0.1) is 23.3 Å². The molecule has 1 aliphatic rings. The minimum Gasteiger partial charge on any atom is -0.465 e. The van der Waals surface area contributed by atoms with E-state index in [4.69, 9.17) is 38.3 Å². The summed E-state index contributed by atoms with van der Waals surface area (Å²) in [6, 6.07) is 14.9. The second-order valence-corrected chi connectivity index (χ2v) is 7.55. The molecule has 3 aromatic rings. The van der Waals surface area contributed by atoms with Crippen LogP contribution in [0.25, 0.3) is 28.1 Å². The molecule has 2 heterocycles. The number of carboxylic acid groups (broad SMARTS) is 1. The Morgan fingerprint density at radius 2 is 1.52 bits per heavy atom. The number of rotatable bonds is 3. The van der Waals surface area contributed by atoms with Crippen molar-refractivity contribution < 1.29 is 9.90 Å². The van der Waals surface area contributed by atoms with E-state index in [1.54, 1.807) is 6.20 Å². The summed E-state index contributed by atoms with van der Waals surface area (Å²) in [5.74, 6) is 0. The summed E-state index contributed by atoms with van der Waals surface area (Å²) in [7, 11) is 0. The molecule has 0 saturated carbocycles. The van der Waals surface area contributed by atoms with E-state index in [2.05, 4.69) is 0 Å². The van der Waals surface area contributed by atoms with Gasteiger partial charge in [0.15, 0.2) is 0 Å². The lowest BCUT2D eigenvalue weighted by atomic mass is 10.0. The van der Waals surface area contributed by atoms with E-state index in [1.165, 1.54) is 4.90 Å². The predicted molar refractivity (Wildman–Crippen MR) is 115 cm³/mol. The number of carbonyl (C=O) groups is 1. The van der Waals surface area contributed by atoms with Crippen molar-refractivity contribution >= 4 is 34.9 Å². The first kappa shape index (κ1) is 19.4. The van der Waals surface area contributed by atoms with E-state index in [-0.39, 0.29) is 0 Å². The van der Waals surface area contributed by atoms with E-state index in [0.717, 1.165) is 33.8 Å². The highest BCUT2D eigenvalue weighted by atomic mass is 35.5. The zero-order valence-electron chi connectivity index (χ0n) is 15.3. The van der Waals surface area contributed by atoms with Gasteiger partial charge >= 0.3 is 6.09 Å². The molecule has 0 radical (unpaired) electrons. The molecule has 7 heteroatoms. The summed E-state index contributed by atoms with van der Waals surface area (Å²) < 4.78 is 0. The van der Waals surface area contributed by atoms with Crippen LogP contribution in [0.15, 0.2) is 60.8 Å². The van der Waals surface area contributed by atoms with Gasteiger partial charge in [-0.05, 0) is 36.3 Å². The average Bonchev–Trinajstić information content (AvgIpc) is 2.75. The number of benzene rings is 2. The second kappa shape index (κ2) is 8.23. The Morgan fingerprint density at radius 3 is 2.03 bits per heavy atom. The first-order valence-electron chi connectivity index (χ1n) is 9.07. The molecular weight excluding hydrogens is 409 g/mol. The summed E-state index contributed by atoms with van der Waals surface area (Å²) in [6.07, 6.45) is 3.33. The molecule has 0 fully saturated rings. The van der Waals surface area contributed by atoms with Gasteiger partial charge in [0.1, 0.15) is 0 Å². The van der Waals surface area contributed by atoms with Crippen molar-refractivity contribution in [3.05, 3.63) is 76.5 Å². The molecule has 146 valence electrons. The first-order valence-corrected chi connectivity index (χ1v) is 9.83. The molecular formula is C22H17Cl2N3O2. The van der Waals surface area contributed by atoms with Crippen LogP contribution in [0.1, 0.15) is 12.1 Å². The zero-order chi connectivity index (χ0) is 20.4. The molecule has 1 aliphatic heterocycles. The molecule has 0 saturated heterocycles. The molecule has 1 N–H and O–H groups in total. The highest BCUT2D eigenvalue weighted by Crippen LogP contribution is 2.32. The molecule has 0 aliphatic carbocycles. The summed E-state index contributed by atoms with van der Waals surface area (Å²) in [5.41, 5.74) is 5.04. The molecule has 4 rings (SSSR count). The molecule has 0 bridgehead atoms. The monoisotopic (exact) mass is 425 g/mol. The van der Waals surface area contributed by atoms with Crippen LogP contribution in [-0.4, -0.2) is 39.2 Å². The number of amides is 1. The molecule has 0 atom stereocenters. The van der Waals surface area contributed by atoms with Crippen LogP contribution in [0, 0.1) is 0 Å². The number of hydrogen-bond donors (Lipinski definition) is 1. The summed E-state index contributed by atoms with van der Waals surface area (Å²) in [5, 5.41) is 10.4. The van der Waals surface area contributed by atoms with Crippen molar-refractivity contribution in [2.75, 3.05) is 13.1 Å². The molecule has 1 aromatic heterocycles. The van der Waals surface area contributed by atoms with Gasteiger partial charge in [0, 0.05) is 34.3 Å². The quantitative estimate of drug-likeness (QED) is 0.568. The van der Waals surface area contributed by atoms with E-state index >= 15 is 0 Å². The maximum absolute atomic E-state index is 11.1. The zero-order valence-corrected chi connectivity index (χ0v) is 16.9. The van der Waals surface area contributed by atoms with Gasteiger partial charge in [0.2, 0.25) is 0 Å². The van der Waals surface area contributed by atoms with Crippen LogP contribution in [0.3, 0.4) is 0 Å². The van der Waals surface area contributed by atoms with Crippen LogP contribution in [-0.2, 0) is 0 Å². The Hall–Kier alpha value is -2.89. The third kappa shape index (κ3) is 4.26. The smallest absolute Gasteiger partial charge is 0.407 e. The van der Waals surface area contributed by atoms with Gasteiger partial charge < -0.3 is 10.0 Å². The highest BCUT2D eigenvalue weighted by molar-refractivity contribution is 6.31. The molecule has 1 amide bonds. The van der Waals surface area contributed by atoms with Crippen LogP contribution < -0.4 is 0 Å². The number of nitrogens with zero attached hydrogens (tertiary/aromatic N) is 3. The van der Waals surface area contributed by atoms with Crippen LogP contribution in [0.2, 0.25) is 10.0 Å². The van der Waals surface area contributed by atoms with Crippen LogP contribution in [0.4, 0.5) is 4.79 Å². The lowest BCUT2D eigenvalue weighted by Gasteiger charge is -2.23. The SMILES string of the molecule is O=C(O)N1CC=C(c2cnc(-c3ccc(Cl)cc3)c(-c3ccc(Cl)cc3)n2)CC1. The van der Waals surface area contributed by atoms with E-state index in [0.29, 0.717) is 29.6 Å². The van der Waals surface area contributed by atoms with Gasteiger partial charge in [0.25, 0.3) is 0 Å². The fourth-order valence-corrected chi connectivity index (χ4v) is 3.50. The molecule has 0 spiro atoms. The van der Waals surface area contributed by atoms with Crippen molar-refractivity contribution in [1.82, 2.24) is 14.9 Å². The Bertz CT molecular complexity index is 1080. The Balaban J connectivity index is 1.78. The minimum absolute atomic E-state index is 0.349. The van der Waals surface area contributed by atoms with Crippen LogP contribution >= 0.6 is 23.2 Å². The average molecular weight is 426 g/mol. The first-order chi connectivity index (χ1) is 14.0. The summed E-state index contributed by atoms with van der Waals surface area (Å²) >= 11 is 12.1. The molecule has 5 nitrogen and oxygen atoms in total. The molecule has 29 heavy (non-hydrogen) atoms. The largest absolute Gasteiger partial charge is 0.465 e. The molecule has 2 aromatic carbocycles. The Kier molecular flexibility index (Phi) is 5.51. The normalized spacial score (nSPS) is 13.9. The number of hydrogen-bond acceptors (Lipinski definition) is 3. The van der Waals surface area contributed by atoms with Crippen LogP contribution in [0.5, 0.6) is 0 Å². The lowest BCUT2D eigenvalue weighted by molar-refractivity contribution is 0.150.